The van der Waals surface area contributed by atoms with Gasteiger partial charge in [-0.1, -0.05) is 6.07 Å². The molecule has 3 amide bonds. The SMILES string of the molecule is COc1ccc(C[NH+]2CCN(C(=O)c3cccc(NC(N)=O)c3)CC2)cc1. The molecular formula is C20H25N4O3+. The van der Waals surface area contributed by atoms with E-state index >= 15 is 0 Å². The Morgan fingerprint density at radius 2 is 1.85 bits per heavy atom. The third kappa shape index (κ3) is 4.98. The number of quaternary nitrogens is 1. The zero-order valence-electron chi connectivity index (χ0n) is 15.4. The highest BCUT2D eigenvalue weighted by atomic mass is 16.5. The van der Waals surface area contributed by atoms with Gasteiger partial charge in [-0.3, -0.25) is 4.79 Å². The van der Waals surface area contributed by atoms with Crippen molar-refractivity contribution < 1.29 is 19.2 Å². The lowest BCUT2D eigenvalue weighted by Gasteiger charge is -2.32. The van der Waals surface area contributed by atoms with Gasteiger partial charge < -0.3 is 25.6 Å². The van der Waals surface area contributed by atoms with E-state index in [1.807, 2.05) is 17.0 Å². The van der Waals surface area contributed by atoms with E-state index in [2.05, 4.69) is 17.4 Å². The fourth-order valence-electron chi connectivity index (χ4n) is 3.29. The number of piperazine rings is 1. The van der Waals surface area contributed by atoms with Crippen molar-refractivity contribution in [1.82, 2.24) is 4.90 Å². The van der Waals surface area contributed by atoms with E-state index < -0.39 is 6.03 Å². The monoisotopic (exact) mass is 369 g/mol. The zero-order chi connectivity index (χ0) is 19.2. The molecule has 1 aliphatic heterocycles. The average Bonchev–Trinajstić information content (AvgIpc) is 2.68. The van der Waals surface area contributed by atoms with Crippen molar-refractivity contribution in [3.05, 3.63) is 59.7 Å². The van der Waals surface area contributed by atoms with Crippen molar-refractivity contribution in [2.75, 3.05) is 38.6 Å². The molecule has 7 heteroatoms. The molecule has 1 heterocycles. The summed E-state index contributed by atoms with van der Waals surface area (Å²) in [5.74, 6) is 0.837. The van der Waals surface area contributed by atoms with Crippen molar-refractivity contribution in [3.63, 3.8) is 0 Å². The number of ether oxygens (including phenoxy) is 1. The van der Waals surface area contributed by atoms with Crippen molar-refractivity contribution in [2.45, 2.75) is 6.54 Å². The van der Waals surface area contributed by atoms with Gasteiger partial charge >= 0.3 is 6.03 Å². The summed E-state index contributed by atoms with van der Waals surface area (Å²) in [6, 6.07) is 14.3. The van der Waals surface area contributed by atoms with Gasteiger partial charge in [0, 0.05) is 16.8 Å². The number of hydrogen-bond acceptors (Lipinski definition) is 3. The average molecular weight is 369 g/mol. The fraction of sp³-hybridized carbons (Fsp3) is 0.300. The number of hydrogen-bond donors (Lipinski definition) is 3. The first kappa shape index (κ1) is 18.7. The van der Waals surface area contributed by atoms with Crippen LogP contribution in [0.2, 0.25) is 0 Å². The first-order valence-corrected chi connectivity index (χ1v) is 8.97. The minimum absolute atomic E-state index is 0.0217. The Morgan fingerprint density at radius 3 is 2.48 bits per heavy atom. The van der Waals surface area contributed by atoms with Crippen molar-refractivity contribution in [2.24, 2.45) is 5.73 Å². The fourth-order valence-corrected chi connectivity index (χ4v) is 3.29. The number of carbonyl (C=O) groups excluding carboxylic acids is 2. The molecule has 0 aliphatic carbocycles. The van der Waals surface area contributed by atoms with Crippen molar-refractivity contribution >= 4 is 17.6 Å². The van der Waals surface area contributed by atoms with Gasteiger partial charge in [-0.25, -0.2) is 4.79 Å². The molecule has 1 aliphatic rings. The Bertz CT molecular complexity index is 799. The number of rotatable bonds is 5. The molecule has 142 valence electrons. The highest BCUT2D eigenvalue weighted by molar-refractivity contribution is 5.96. The molecule has 0 spiro atoms. The number of amides is 3. The number of carbonyl (C=O) groups is 2. The van der Waals surface area contributed by atoms with Crippen LogP contribution in [-0.4, -0.2) is 50.1 Å². The standard InChI is InChI=1S/C20H24N4O3/c1-27-18-7-5-15(6-8-18)14-23-9-11-24(12-10-23)19(25)16-3-2-4-17(13-16)22-20(21)26/h2-8,13H,9-12,14H2,1H3,(H3,21,22,26)/p+1. The quantitative estimate of drug-likeness (QED) is 0.726. The molecule has 0 unspecified atom stereocenters. The number of urea groups is 1. The second-order valence-electron chi connectivity index (χ2n) is 6.64. The molecule has 1 fully saturated rings. The van der Waals surface area contributed by atoms with E-state index in [9.17, 15) is 9.59 Å². The van der Waals surface area contributed by atoms with Crippen LogP contribution in [0.3, 0.4) is 0 Å². The normalized spacial score (nSPS) is 14.6. The number of methoxy groups -OCH3 is 1. The summed E-state index contributed by atoms with van der Waals surface area (Å²) in [6.07, 6.45) is 0. The summed E-state index contributed by atoms with van der Waals surface area (Å²) in [7, 11) is 1.66. The molecule has 7 nitrogen and oxygen atoms in total. The van der Waals surface area contributed by atoms with Gasteiger partial charge in [0.25, 0.3) is 5.91 Å². The van der Waals surface area contributed by atoms with Crippen molar-refractivity contribution in [1.29, 1.82) is 0 Å². The highest BCUT2D eigenvalue weighted by Gasteiger charge is 2.24. The van der Waals surface area contributed by atoms with Gasteiger partial charge in [0.2, 0.25) is 0 Å². The van der Waals surface area contributed by atoms with Crippen LogP contribution >= 0.6 is 0 Å². The summed E-state index contributed by atoms with van der Waals surface area (Å²) >= 11 is 0. The molecule has 2 aromatic carbocycles. The molecule has 1 saturated heterocycles. The van der Waals surface area contributed by atoms with Gasteiger partial charge in [-0.2, -0.15) is 0 Å². The third-order valence-corrected chi connectivity index (χ3v) is 4.75. The Labute approximate surface area is 158 Å². The van der Waals surface area contributed by atoms with Crippen LogP contribution in [-0.2, 0) is 6.54 Å². The lowest BCUT2D eigenvalue weighted by molar-refractivity contribution is -0.917. The molecule has 0 bridgehead atoms. The minimum atomic E-state index is -0.643. The number of nitrogens with two attached hydrogens (primary N) is 1. The predicted octanol–water partition coefficient (Wildman–Crippen LogP) is 0.727. The van der Waals surface area contributed by atoms with Crippen LogP contribution in [0.25, 0.3) is 0 Å². The molecule has 0 aromatic heterocycles. The summed E-state index contributed by atoms with van der Waals surface area (Å²) in [4.78, 5) is 27.0. The van der Waals surface area contributed by atoms with Crippen LogP contribution in [0.15, 0.2) is 48.5 Å². The zero-order valence-corrected chi connectivity index (χ0v) is 15.4. The molecule has 2 aromatic rings. The Kier molecular flexibility index (Phi) is 5.93. The number of benzene rings is 2. The predicted molar refractivity (Wildman–Crippen MR) is 103 cm³/mol. The number of nitrogens with one attached hydrogen (secondary N) is 2. The maximum Gasteiger partial charge on any atom is 0.316 e. The van der Waals surface area contributed by atoms with Gasteiger partial charge in [0.1, 0.15) is 12.3 Å². The van der Waals surface area contributed by atoms with Gasteiger partial charge in [-0.15, -0.1) is 0 Å². The first-order chi connectivity index (χ1) is 13.0. The van der Waals surface area contributed by atoms with Crippen LogP contribution in [0.5, 0.6) is 5.75 Å². The second-order valence-corrected chi connectivity index (χ2v) is 6.64. The number of primary amides is 1. The minimum Gasteiger partial charge on any atom is -0.497 e. The van der Waals surface area contributed by atoms with E-state index in [1.165, 1.54) is 10.5 Å². The maximum absolute atomic E-state index is 12.7. The van der Waals surface area contributed by atoms with Crippen LogP contribution in [0.4, 0.5) is 10.5 Å². The maximum atomic E-state index is 12.7. The smallest absolute Gasteiger partial charge is 0.316 e. The molecule has 27 heavy (non-hydrogen) atoms. The van der Waals surface area contributed by atoms with E-state index in [1.54, 1.807) is 31.4 Å². The van der Waals surface area contributed by atoms with E-state index in [-0.39, 0.29) is 5.91 Å². The Morgan fingerprint density at radius 1 is 1.15 bits per heavy atom. The molecule has 4 N–H and O–H groups in total. The van der Waals surface area contributed by atoms with E-state index in [4.69, 9.17) is 10.5 Å². The molecule has 0 atom stereocenters. The number of anilines is 1. The molecule has 3 rings (SSSR count). The molecule has 0 radical (unpaired) electrons. The highest BCUT2D eigenvalue weighted by Crippen LogP contribution is 2.13. The van der Waals surface area contributed by atoms with Crippen molar-refractivity contribution in [3.8, 4) is 5.75 Å². The van der Waals surface area contributed by atoms with Gasteiger partial charge in [-0.05, 0) is 42.5 Å². The largest absolute Gasteiger partial charge is 0.497 e. The molecular weight excluding hydrogens is 344 g/mol. The summed E-state index contributed by atoms with van der Waals surface area (Å²) in [5.41, 5.74) is 7.47. The summed E-state index contributed by atoms with van der Waals surface area (Å²) in [5, 5.41) is 2.50. The number of nitrogens with zero attached hydrogens (tertiary/aromatic N) is 1. The Hall–Kier alpha value is -3.06. The topological polar surface area (TPSA) is 89.1 Å². The molecule has 0 saturated carbocycles. The third-order valence-electron chi connectivity index (χ3n) is 4.75. The summed E-state index contributed by atoms with van der Waals surface area (Å²) < 4.78 is 5.19. The van der Waals surface area contributed by atoms with Gasteiger partial charge in [0.05, 0.1) is 33.3 Å². The van der Waals surface area contributed by atoms with E-state index in [0.717, 1.165) is 25.4 Å². The van der Waals surface area contributed by atoms with Crippen LogP contribution < -0.4 is 20.7 Å². The summed E-state index contributed by atoms with van der Waals surface area (Å²) in [6.45, 7) is 4.15. The van der Waals surface area contributed by atoms with Gasteiger partial charge in [0.15, 0.2) is 0 Å². The first-order valence-electron chi connectivity index (χ1n) is 8.97. The second kappa shape index (κ2) is 8.55. The van der Waals surface area contributed by atoms with Crippen LogP contribution in [0, 0.1) is 0 Å². The van der Waals surface area contributed by atoms with Crippen LogP contribution in [0.1, 0.15) is 15.9 Å². The lowest BCUT2D eigenvalue weighted by atomic mass is 10.1. The lowest BCUT2D eigenvalue weighted by Crippen LogP contribution is -3.13. The Balaban J connectivity index is 1.55. The van der Waals surface area contributed by atoms with E-state index in [0.29, 0.717) is 24.3 Å².